The number of aromatic nitrogens is 2. The molecule has 0 aliphatic rings. The number of anilines is 1. The van der Waals surface area contributed by atoms with E-state index in [1.165, 1.54) is 19.1 Å². The number of nitrogens with one attached hydrogen (secondary N) is 1. The maximum atomic E-state index is 13.9. The van der Waals surface area contributed by atoms with E-state index in [1.54, 1.807) is 16.9 Å². The molecule has 0 aliphatic carbocycles. The van der Waals surface area contributed by atoms with Gasteiger partial charge < -0.3 is 15.2 Å². The van der Waals surface area contributed by atoms with Gasteiger partial charge in [0.15, 0.2) is 23.4 Å². The van der Waals surface area contributed by atoms with Crippen molar-refractivity contribution in [3.05, 3.63) is 42.0 Å². The summed E-state index contributed by atoms with van der Waals surface area (Å²) in [6, 6.07) is 5.43. The number of hydrogen-bond acceptors (Lipinski definition) is 4. The highest BCUT2D eigenvalue weighted by molar-refractivity contribution is 6.02. The Morgan fingerprint density at radius 2 is 2.00 bits per heavy atom. The Labute approximate surface area is 138 Å². The van der Waals surface area contributed by atoms with Gasteiger partial charge in [0.05, 0.1) is 0 Å². The van der Waals surface area contributed by atoms with Gasteiger partial charge in [-0.15, -0.1) is 0 Å². The van der Waals surface area contributed by atoms with Crippen molar-refractivity contribution >= 4 is 17.6 Å². The number of ether oxygens (including phenoxy) is 1. The van der Waals surface area contributed by atoms with E-state index in [2.05, 4.69) is 10.4 Å². The Balaban J connectivity index is 2.08. The predicted molar refractivity (Wildman–Crippen MR) is 84.7 cm³/mol. The summed E-state index contributed by atoms with van der Waals surface area (Å²) in [7, 11) is 0. The summed E-state index contributed by atoms with van der Waals surface area (Å²) >= 11 is 0. The summed E-state index contributed by atoms with van der Waals surface area (Å²) < 4.78 is 20.6. The summed E-state index contributed by atoms with van der Waals surface area (Å²) in [5.74, 6) is -2.64. The first-order valence-corrected chi connectivity index (χ1v) is 7.33. The van der Waals surface area contributed by atoms with Crippen molar-refractivity contribution in [2.45, 2.75) is 32.9 Å². The number of carbonyl (C=O) groups excluding carboxylic acids is 1. The first-order chi connectivity index (χ1) is 11.3. The Bertz CT molecular complexity index is 758. The topological polar surface area (TPSA) is 93.5 Å². The van der Waals surface area contributed by atoms with Gasteiger partial charge in [-0.2, -0.15) is 5.10 Å². The van der Waals surface area contributed by atoms with Crippen molar-refractivity contribution < 1.29 is 23.8 Å². The molecule has 0 bridgehead atoms. The molecule has 0 saturated heterocycles. The molecule has 1 aromatic heterocycles. The van der Waals surface area contributed by atoms with Gasteiger partial charge in [-0.25, -0.2) is 9.18 Å². The Morgan fingerprint density at radius 1 is 1.29 bits per heavy atom. The van der Waals surface area contributed by atoms with Crippen molar-refractivity contribution in [3.8, 4) is 5.75 Å². The number of carboxylic acid groups (broad SMARTS) is 1. The second kappa shape index (κ2) is 7.12. The molecule has 1 atom stereocenters. The lowest BCUT2D eigenvalue weighted by Gasteiger charge is -2.12. The van der Waals surface area contributed by atoms with Crippen LogP contribution < -0.4 is 10.1 Å². The minimum absolute atomic E-state index is 0.122. The molecule has 8 heteroatoms. The Kier molecular flexibility index (Phi) is 5.18. The number of halogens is 1. The molecule has 1 amide bonds. The molecular weight excluding hydrogens is 317 g/mol. The zero-order valence-corrected chi connectivity index (χ0v) is 13.5. The molecule has 2 rings (SSSR count). The molecular formula is C16H18FN3O4. The third-order valence-electron chi connectivity index (χ3n) is 3.21. The number of carbonyl (C=O) groups is 2. The molecule has 24 heavy (non-hydrogen) atoms. The summed E-state index contributed by atoms with van der Waals surface area (Å²) in [5, 5.41) is 15.4. The maximum Gasteiger partial charge on any atom is 0.344 e. The van der Waals surface area contributed by atoms with Gasteiger partial charge in [-0.05, 0) is 39.0 Å². The van der Waals surface area contributed by atoms with Gasteiger partial charge in [-0.3, -0.25) is 9.48 Å². The average Bonchev–Trinajstić information content (AvgIpc) is 3.00. The van der Waals surface area contributed by atoms with Crippen LogP contribution in [-0.2, 0) is 4.79 Å². The van der Waals surface area contributed by atoms with Gasteiger partial charge in [0.2, 0.25) is 0 Å². The number of carboxylic acids is 1. The van der Waals surface area contributed by atoms with Crippen LogP contribution in [0.25, 0.3) is 0 Å². The number of nitrogens with zero attached hydrogens (tertiary/aromatic N) is 2. The molecule has 0 saturated carbocycles. The van der Waals surface area contributed by atoms with E-state index in [1.807, 2.05) is 13.8 Å². The molecule has 0 spiro atoms. The van der Waals surface area contributed by atoms with Crippen LogP contribution in [0, 0.1) is 5.82 Å². The van der Waals surface area contributed by atoms with Crippen LogP contribution in [0.15, 0.2) is 30.5 Å². The molecule has 0 radical (unpaired) electrons. The predicted octanol–water partition coefficient (Wildman–Crippen LogP) is 2.71. The van der Waals surface area contributed by atoms with Gasteiger partial charge in [0.25, 0.3) is 5.91 Å². The second-order valence-corrected chi connectivity index (χ2v) is 5.47. The van der Waals surface area contributed by atoms with E-state index in [0.717, 1.165) is 6.07 Å². The molecule has 0 fully saturated rings. The van der Waals surface area contributed by atoms with Gasteiger partial charge in [-0.1, -0.05) is 0 Å². The lowest BCUT2D eigenvalue weighted by molar-refractivity contribution is -0.144. The van der Waals surface area contributed by atoms with E-state index in [-0.39, 0.29) is 23.2 Å². The Hall–Kier alpha value is -2.90. The van der Waals surface area contributed by atoms with Crippen LogP contribution in [0.2, 0.25) is 0 Å². The van der Waals surface area contributed by atoms with Gasteiger partial charge in [0, 0.05) is 24.0 Å². The fraction of sp³-hybridized carbons (Fsp3) is 0.312. The zero-order valence-electron chi connectivity index (χ0n) is 13.5. The van der Waals surface area contributed by atoms with E-state index in [9.17, 15) is 14.0 Å². The minimum atomic E-state index is -1.20. The molecule has 128 valence electrons. The number of benzene rings is 1. The molecule has 7 nitrogen and oxygen atoms in total. The SMILES string of the molecule is CC(Oc1ccc(NC(=O)c2ccn(C(C)C)n2)cc1F)C(=O)O. The number of hydrogen-bond donors (Lipinski definition) is 2. The minimum Gasteiger partial charge on any atom is -0.479 e. The second-order valence-electron chi connectivity index (χ2n) is 5.47. The molecule has 1 unspecified atom stereocenters. The van der Waals surface area contributed by atoms with Crippen molar-refractivity contribution in [2.24, 2.45) is 0 Å². The smallest absolute Gasteiger partial charge is 0.344 e. The first kappa shape index (κ1) is 17.5. The third kappa shape index (κ3) is 4.09. The van der Waals surface area contributed by atoms with Crippen LogP contribution in [-0.4, -0.2) is 32.9 Å². The molecule has 1 heterocycles. The highest BCUT2D eigenvalue weighted by Gasteiger charge is 2.16. The number of aliphatic carboxylic acids is 1. The van der Waals surface area contributed by atoms with Gasteiger partial charge >= 0.3 is 5.97 Å². The van der Waals surface area contributed by atoms with Crippen LogP contribution in [0.3, 0.4) is 0 Å². The standard InChI is InChI=1S/C16H18FN3O4/c1-9(2)20-7-6-13(19-20)15(21)18-11-4-5-14(12(17)8-11)24-10(3)16(22)23/h4-10H,1-3H3,(H,18,21)(H,22,23). The summed E-state index contributed by atoms with van der Waals surface area (Å²) in [4.78, 5) is 22.8. The van der Waals surface area contributed by atoms with Crippen molar-refractivity contribution in [1.29, 1.82) is 0 Å². The monoisotopic (exact) mass is 335 g/mol. The van der Waals surface area contributed by atoms with E-state index >= 15 is 0 Å². The van der Waals surface area contributed by atoms with E-state index < -0.39 is 23.8 Å². The fourth-order valence-electron chi connectivity index (χ4n) is 1.86. The number of amides is 1. The zero-order chi connectivity index (χ0) is 17.9. The summed E-state index contributed by atoms with van der Waals surface area (Å²) in [6.45, 7) is 5.16. The van der Waals surface area contributed by atoms with Crippen LogP contribution in [0.1, 0.15) is 37.3 Å². The van der Waals surface area contributed by atoms with Crippen molar-refractivity contribution in [1.82, 2.24) is 9.78 Å². The highest BCUT2D eigenvalue weighted by atomic mass is 19.1. The van der Waals surface area contributed by atoms with Crippen LogP contribution in [0.4, 0.5) is 10.1 Å². The maximum absolute atomic E-state index is 13.9. The summed E-state index contributed by atoms with van der Waals surface area (Å²) in [5.41, 5.74) is 0.427. The average molecular weight is 335 g/mol. The first-order valence-electron chi connectivity index (χ1n) is 7.33. The lowest BCUT2D eigenvalue weighted by atomic mass is 10.2. The Morgan fingerprint density at radius 3 is 2.54 bits per heavy atom. The fourth-order valence-corrected chi connectivity index (χ4v) is 1.86. The quantitative estimate of drug-likeness (QED) is 0.846. The molecule has 0 aliphatic heterocycles. The lowest BCUT2D eigenvalue weighted by Crippen LogP contribution is -2.23. The van der Waals surface area contributed by atoms with E-state index in [0.29, 0.717) is 0 Å². The summed E-state index contributed by atoms with van der Waals surface area (Å²) in [6.07, 6.45) is 0.504. The van der Waals surface area contributed by atoms with E-state index in [4.69, 9.17) is 9.84 Å². The number of rotatable bonds is 6. The molecule has 2 aromatic rings. The van der Waals surface area contributed by atoms with Crippen molar-refractivity contribution in [3.63, 3.8) is 0 Å². The van der Waals surface area contributed by atoms with Crippen LogP contribution >= 0.6 is 0 Å². The normalized spacial score (nSPS) is 12.0. The van der Waals surface area contributed by atoms with Gasteiger partial charge in [0.1, 0.15) is 0 Å². The third-order valence-corrected chi connectivity index (χ3v) is 3.21. The van der Waals surface area contributed by atoms with Crippen molar-refractivity contribution in [2.75, 3.05) is 5.32 Å². The molecule has 2 N–H and O–H groups in total. The largest absolute Gasteiger partial charge is 0.479 e. The highest BCUT2D eigenvalue weighted by Crippen LogP contribution is 2.22. The molecule has 1 aromatic carbocycles. The van der Waals surface area contributed by atoms with Crippen LogP contribution in [0.5, 0.6) is 5.75 Å².